The van der Waals surface area contributed by atoms with Crippen LogP contribution >= 0.6 is 11.5 Å². The number of hydrogen-bond donors (Lipinski definition) is 0. The van der Waals surface area contributed by atoms with E-state index in [0.717, 1.165) is 11.5 Å². The number of nitrogens with zero attached hydrogens (tertiary/aromatic N) is 6. The van der Waals surface area contributed by atoms with Crippen molar-refractivity contribution in [1.29, 1.82) is 0 Å². The maximum Gasteiger partial charge on any atom is 0.328 e. The minimum atomic E-state index is -2.64. The van der Waals surface area contributed by atoms with Gasteiger partial charge in [0, 0.05) is 18.7 Å². The van der Waals surface area contributed by atoms with Gasteiger partial charge in [0.25, 0.3) is 5.91 Å². The number of rotatable bonds is 3. The largest absolute Gasteiger partial charge is 0.466 e. The van der Waals surface area contributed by atoms with Crippen LogP contribution in [-0.2, 0) is 6.54 Å². The number of halogens is 1. The van der Waals surface area contributed by atoms with Crippen molar-refractivity contribution in [2.75, 3.05) is 13.6 Å². The van der Waals surface area contributed by atoms with Crippen molar-refractivity contribution < 1.29 is 18.0 Å². The second kappa shape index (κ2) is 6.45. The van der Waals surface area contributed by atoms with E-state index in [0.29, 0.717) is 35.3 Å². The number of fused-ring (bicyclic) bond motifs is 1. The Hall–Kier alpha value is -2.88. The lowest BCUT2D eigenvalue weighted by Crippen LogP contribution is -2.41. The highest BCUT2D eigenvalue weighted by Crippen LogP contribution is 2.30. The van der Waals surface area contributed by atoms with Crippen LogP contribution in [0.25, 0.3) is 10.8 Å². The minimum Gasteiger partial charge on any atom is -0.466 e. The lowest BCUT2D eigenvalue weighted by Gasteiger charge is -2.33. The molecule has 0 N–H and O–H groups in total. The summed E-state index contributed by atoms with van der Waals surface area (Å²) in [6.45, 7) is 2.64. The van der Waals surface area contributed by atoms with Crippen molar-refractivity contribution in [2.24, 2.45) is 0 Å². The van der Waals surface area contributed by atoms with E-state index in [-0.39, 0.29) is 18.0 Å². The average molecular weight is 377 g/mol. The normalized spacial score (nSPS) is 18.6. The van der Waals surface area contributed by atoms with Gasteiger partial charge in [-0.1, -0.05) is 0 Å². The van der Waals surface area contributed by atoms with Crippen molar-refractivity contribution in [3.63, 3.8) is 0 Å². The first-order valence-electron chi connectivity index (χ1n) is 9.25. The van der Waals surface area contributed by atoms with Crippen molar-refractivity contribution in [2.45, 2.75) is 19.5 Å². The summed E-state index contributed by atoms with van der Waals surface area (Å²) < 4.78 is 44.9. The molecule has 1 amide bonds. The molecule has 8 nitrogen and oxygen atoms in total. The smallest absolute Gasteiger partial charge is 0.328 e. The van der Waals surface area contributed by atoms with Gasteiger partial charge >= 0.3 is 6.01 Å². The van der Waals surface area contributed by atoms with Gasteiger partial charge in [-0.15, -0.1) is 14.6 Å². The molecule has 1 aliphatic heterocycles. The summed E-state index contributed by atoms with van der Waals surface area (Å²) in [5.41, 5.74) is 0.391. The van der Waals surface area contributed by atoms with Gasteiger partial charge in [0.1, 0.15) is 5.82 Å². The van der Waals surface area contributed by atoms with Gasteiger partial charge in [-0.3, -0.25) is 4.79 Å². The summed E-state index contributed by atoms with van der Waals surface area (Å²) in [7, 11) is -2.64. The van der Waals surface area contributed by atoms with Crippen LogP contribution in [-0.4, -0.2) is 48.5 Å². The number of carbonyl (C=O) groups is 1. The number of methoxy groups -OCH3 is 1. The molecule has 1 atom stereocenters. The summed E-state index contributed by atoms with van der Waals surface area (Å²) in [6.07, 6.45) is 0. The zero-order valence-electron chi connectivity index (χ0n) is 16.6. The molecule has 0 aliphatic carbocycles. The highest BCUT2D eigenvalue weighted by molar-refractivity contribution is 7.09. The molecule has 0 fully saturated rings. The monoisotopic (exact) mass is 377 g/mol. The van der Waals surface area contributed by atoms with Gasteiger partial charge in [-0.05, 0) is 42.7 Å². The molecule has 0 saturated carbocycles. The Labute approximate surface area is 156 Å². The SMILES string of the molecule is [2H]C([2H])([2H])Oc1nsc(-c2nnc3n2CCN(C(=O)c2ccc(F)cc2)[C@@H]3C)n1. The molecule has 1 aromatic carbocycles. The van der Waals surface area contributed by atoms with E-state index in [2.05, 4.69) is 19.6 Å². The third kappa shape index (κ3) is 2.71. The maximum atomic E-state index is 13.1. The third-order valence-corrected chi connectivity index (χ3v) is 4.92. The Bertz CT molecular complexity index is 1050. The Kier molecular flexibility index (Phi) is 3.31. The second-order valence-electron chi connectivity index (χ2n) is 5.70. The molecule has 3 aromatic rings. The number of ether oxygens (including phenoxy) is 1. The van der Waals surface area contributed by atoms with Gasteiger partial charge in [0.15, 0.2) is 16.7 Å². The van der Waals surface area contributed by atoms with E-state index >= 15 is 0 Å². The van der Waals surface area contributed by atoms with Gasteiger partial charge < -0.3 is 14.2 Å². The quantitative estimate of drug-likeness (QED) is 0.695. The number of aromatic nitrogens is 5. The van der Waals surface area contributed by atoms with Gasteiger partial charge in [0.2, 0.25) is 0 Å². The van der Waals surface area contributed by atoms with Gasteiger partial charge in [-0.25, -0.2) is 4.39 Å². The summed E-state index contributed by atoms with van der Waals surface area (Å²) >= 11 is 0.952. The minimum absolute atomic E-state index is 0.224. The van der Waals surface area contributed by atoms with Gasteiger partial charge in [-0.2, -0.15) is 4.98 Å². The average Bonchev–Trinajstić information content (AvgIpc) is 3.27. The standard InChI is InChI=1S/C16H15FN6O2S/c1-9-12-19-20-13(14-18-16(25-2)21-26-14)23(12)8-7-22(9)15(24)10-3-5-11(17)6-4-10/h3-6,9H,7-8H2,1-2H3/t9-/m1/s1/i2D3. The fraction of sp³-hybridized carbons (Fsp3) is 0.312. The van der Waals surface area contributed by atoms with Crippen LogP contribution < -0.4 is 4.74 Å². The molecule has 1 aliphatic rings. The van der Waals surface area contributed by atoms with Crippen molar-refractivity contribution in [3.05, 3.63) is 41.5 Å². The summed E-state index contributed by atoms with van der Waals surface area (Å²) in [5.74, 6) is 0.364. The van der Waals surface area contributed by atoms with Crippen LogP contribution in [0.4, 0.5) is 4.39 Å². The fourth-order valence-electron chi connectivity index (χ4n) is 2.92. The van der Waals surface area contributed by atoms with Crippen LogP contribution in [0.1, 0.15) is 33.3 Å². The molecule has 2 aromatic heterocycles. The number of amides is 1. The topological polar surface area (TPSA) is 86.0 Å². The van der Waals surface area contributed by atoms with Crippen molar-refractivity contribution >= 4 is 17.4 Å². The first-order valence-corrected chi connectivity index (χ1v) is 8.53. The maximum absolute atomic E-state index is 13.1. The number of hydrogen-bond acceptors (Lipinski definition) is 7. The van der Waals surface area contributed by atoms with E-state index in [1.807, 2.05) is 11.5 Å². The molecule has 0 radical (unpaired) electrons. The van der Waals surface area contributed by atoms with Gasteiger partial charge in [0.05, 0.1) is 17.2 Å². The molecular weight excluding hydrogens is 359 g/mol. The zero-order chi connectivity index (χ0) is 20.8. The highest BCUT2D eigenvalue weighted by Gasteiger charge is 2.32. The van der Waals surface area contributed by atoms with E-state index in [9.17, 15) is 9.18 Å². The predicted octanol–water partition coefficient (Wildman–Crippen LogP) is 2.16. The molecular formula is C16H15FN6O2S. The fourth-order valence-corrected chi connectivity index (χ4v) is 3.52. The lowest BCUT2D eigenvalue weighted by atomic mass is 10.1. The molecule has 0 unspecified atom stereocenters. The predicted molar refractivity (Wildman–Crippen MR) is 91.3 cm³/mol. The van der Waals surface area contributed by atoms with E-state index < -0.39 is 12.9 Å². The molecule has 26 heavy (non-hydrogen) atoms. The van der Waals surface area contributed by atoms with Crippen molar-refractivity contribution in [3.8, 4) is 16.8 Å². The molecule has 10 heteroatoms. The number of carbonyl (C=O) groups excluding carboxylic acids is 1. The Balaban J connectivity index is 1.57. The summed E-state index contributed by atoms with van der Waals surface area (Å²) in [5, 5.41) is 8.70. The number of benzene rings is 1. The first kappa shape index (κ1) is 13.3. The van der Waals surface area contributed by atoms with E-state index in [1.165, 1.54) is 24.3 Å². The molecule has 0 spiro atoms. The molecule has 4 rings (SSSR count). The van der Waals surface area contributed by atoms with Crippen LogP contribution in [0.5, 0.6) is 6.01 Å². The van der Waals surface area contributed by atoms with Crippen molar-refractivity contribution in [1.82, 2.24) is 29.0 Å². The third-order valence-electron chi connectivity index (χ3n) is 4.23. The second-order valence-corrected chi connectivity index (χ2v) is 6.45. The Morgan fingerprint density at radius 2 is 2.15 bits per heavy atom. The van der Waals surface area contributed by atoms with Crippen LogP contribution in [0.2, 0.25) is 0 Å². The molecule has 0 bridgehead atoms. The molecule has 134 valence electrons. The Morgan fingerprint density at radius 1 is 1.35 bits per heavy atom. The van der Waals surface area contributed by atoms with E-state index in [1.54, 1.807) is 4.90 Å². The molecule has 0 saturated heterocycles. The molecule has 3 heterocycles. The highest BCUT2D eigenvalue weighted by atomic mass is 32.1. The van der Waals surface area contributed by atoms with Crippen LogP contribution in [0.15, 0.2) is 24.3 Å². The van der Waals surface area contributed by atoms with Crippen LogP contribution in [0.3, 0.4) is 0 Å². The Morgan fingerprint density at radius 3 is 2.92 bits per heavy atom. The zero-order valence-corrected chi connectivity index (χ0v) is 14.4. The lowest BCUT2D eigenvalue weighted by molar-refractivity contribution is 0.0638. The summed E-state index contributed by atoms with van der Waals surface area (Å²) in [4.78, 5) is 18.5. The summed E-state index contributed by atoms with van der Waals surface area (Å²) in [6, 6.07) is 4.77. The first-order chi connectivity index (χ1) is 13.7. The van der Waals surface area contributed by atoms with Crippen LogP contribution in [0, 0.1) is 5.82 Å². The van der Waals surface area contributed by atoms with E-state index in [4.69, 9.17) is 8.85 Å².